The zero-order valence-electron chi connectivity index (χ0n) is 18.2. The Morgan fingerprint density at radius 1 is 1.07 bits per heavy atom. The highest BCUT2D eigenvalue weighted by Gasteiger charge is 2.21. The number of hydrogen-bond acceptors (Lipinski definition) is 5. The highest BCUT2D eigenvalue weighted by molar-refractivity contribution is 6.05. The lowest BCUT2D eigenvalue weighted by Gasteiger charge is -2.31. The Bertz CT molecular complexity index is 1120. The van der Waals surface area contributed by atoms with Gasteiger partial charge in [-0.05, 0) is 32.9 Å². The molecule has 9 heteroatoms. The van der Waals surface area contributed by atoms with Crippen LogP contribution in [0.15, 0.2) is 20.4 Å². The molecule has 0 aromatic carbocycles. The molecule has 30 heavy (non-hydrogen) atoms. The molecule has 0 saturated heterocycles. The molecule has 1 aliphatic carbocycles. The predicted octanol–water partition coefficient (Wildman–Crippen LogP) is 0.320. The normalized spacial score (nSPS) is 15.1. The predicted molar refractivity (Wildman–Crippen MR) is 116 cm³/mol. The van der Waals surface area contributed by atoms with Crippen molar-refractivity contribution in [1.82, 2.24) is 23.9 Å². The molecule has 0 atom stereocenters. The second kappa shape index (κ2) is 8.99. The molecule has 0 unspecified atom stereocenters. The van der Waals surface area contributed by atoms with E-state index in [-0.39, 0.29) is 16.6 Å². The van der Waals surface area contributed by atoms with Crippen LogP contribution in [-0.4, -0.2) is 50.7 Å². The Morgan fingerprint density at radius 3 is 2.40 bits per heavy atom. The summed E-state index contributed by atoms with van der Waals surface area (Å²) in [7, 11) is 6.44. The second-order valence-corrected chi connectivity index (χ2v) is 8.24. The standard InChI is InChI=1S/C21H31N5O4/c1-23(14-9-6-5-7-10-14)12-8-11-22-18(28)15-13-16(27)24(2)19-17(15)20(29)26(4)21(30)25(19)3/h13-14H,5-12H2,1-4H3,(H,22,28). The lowest BCUT2D eigenvalue weighted by Crippen LogP contribution is -2.41. The summed E-state index contributed by atoms with van der Waals surface area (Å²) in [6, 6.07) is 1.78. The van der Waals surface area contributed by atoms with E-state index in [9.17, 15) is 19.2 Å². The van der Waals surface area contributed by atoms with E-state index in [1.54, 1.807) is 0 Å². The fraction of sp³-hybridized carbons (Fsp3) is 0.619. The number of nitrogens with zero attached hydrogens (tertiary/aromatic N) is 4. The summed E-state index contributed by atoms with van der Waals surface area (Å²) in [6.07, 6.45) is 7.10. The average molecular weight is 418 g/mol. The molecule has 0 bridgehead atoms. The van der Waals surface area contributed by atoms with E-state index in [1.807, 2.05) is 0 Å². The van der Waals surface area contributed by atoms with Crippen molar-refractivity contribution in [3.63, 3.8) is 0 Å². The average Bonchev–Trinajstić information content (AvgIpc) is 2.75. The van der Waals surface area contributed by atoms with Crippen LogP contribution in [0.4, 0.5) is 0 Å². The maximum Gasteiger partial charge on any atom is 0.332 e. The van der Waals surface area contributed by atoms with E-state index >= 15 is 0 Å². The Morgan fingerprint density at radius 2 is 1.73 bits per heavy atom. The highest BCUT2D eigenvalue weighted by Crippen LogP contribution is 2.21. The summed E-state index contributed by atoms with van der Waals surface area (Å²) < 4.78 is 3.38. The first-order valence-corrected chi connectivity index (χ1v) is 10.5. The van der Waals surface area contributed by atoms with E-state index in [1.165, 1.54) is 62.4 Å². The summed E-state index contributed by atoms with van der Waals surface area (Å²) in [5.74, 6) is -0.478. The molecule has 1 fully saturated rings. The molecular weight excluding hydrogens is 386 g/mol. The first-order valence-electron chi connectivity index (χ1n) is 10.5. The third-order valence-electron chi connectivity index (χ3n) is 6.23. The molecule has 1 N–H and O–H groups in total. The van der Waals surface area contributed by atoms with Crippen molar-refractivity contribution in [2.45, 2.75) is 44.6 Å². The van der Waals surface area contributed by atoms with Crippen LogP contribution in [0.1, 0.15) is 48.9 Å². The molecule has 2 aromatic heterocycles. The number of aryl methyl sites for hydroxylation is 2. The molecular formula is C21H31N5O4. The number of pyridine rings is 1. The van der Waals surface area contributed by atoms with Gasteiger partial charge in [-0.15, -0.1) is 0 Å². The van der Waals surface area contributed by atoms with Crippen molar-refractivity contribution >= 4 is 16.9 Å². The highest BCUT2D eigenvalue weighted by atomic mass is 16.2. The molecule has 164 valence electrons. The fourth-order valence-electron chi connectivity index (χ4n) is 4.37. The van der Waals surface area contributed by atoms with Crippen LogP contribution < -0.4 is 22.1 Å². The lowest BCUT2D eigenvalue weighted by molar-refractivity contribution is 0.0952. The van der Waals surface area contributed by atoms with Crippen LogP contribution in [0.2, 0.25) is 0 Å². The van der Waals surface area contributed by atoms with Gasteiger partial charge in [-0.2, -0.15) is 0 Å². The number of rotatable bonds is 6. The number of carbonyl (C=O) groups is 1. The topological polar surface area (TPSA) is 98.3 Å². The van der Waals surface area contributed by atoms with Gasteiger partial charge >= 0.3 is 5.69 Å². The maximum atomic E-state index is 12.8. The SMILES string of the molecule is CN(CCCNC(=O)c1cc(=O)n(C)c2c1c(=O)n(C)c(=O)n2C)C1CCCCC1. The molecule has 2 heterocycles. The minimum absolute atomic E-state index is 0.00457. The Balaban J connectivity index is 1.78. The van der Waals surface area contributed by atoms with E-state index in [0.29, 0.717) is 12.6 Å². The maximum absolute atomic E-state index is 12.8. The minimum Gasteiger partial charge on any atom is -0.352 e. The molecule has 2 aromatic rings. The van der Waals surface area contributed by atoms with Gasteiger partial charge in [-0.25, -0.2) is 4.79 Å². The van der Waals surface area contributed by atoms with Gasteiger partial charge in [0.2, 0.25) is 0 Å². The third-order valence-corrected chi connectivity index (χ3v) is 6.23. The van der Waals surface area contributed by atoms with E-state index in [2.05, 4.69) is 17.3 Å². The van der Waals surface area contributed by atoms with Crippen LogP contribution in [0.3, 0.4) is 0 Å². The number of nitrogens with one attached hydrogen (secondary N) is 1. The summed E-state index contributed by atoms with van der Waals surface area (Å²) >= 11 is 0. The number of amides is 1. The number of carbonyl (C=O) groups excluding carboxylic acids is 1. The minimum atomic E-state index is -0.592. The molecule has 3 rings (SSSR count). The number of fused-ring (bicyclic) bond motifs is 1. The molecule has 1 saturated carbocycles. The van der Waals surface area contributed by atoms with E-state index in [0.717, 1.165) is 23.6 Å². The summed E-state index contributed by atoms with van der Waals surface area (Å²) in [4.78, 5) is 52.5. The number of hydrogen-bond donors (Lipinski definition) is 1. The number of aromatic nitrogens is 3. The second-order valence-electron chi connectivity index (χ2n) is 8.24. The van der Waals surface area contributed by atoms with Gasteiger partial charge in [0.05, 0.1) is 10.9 Å². The fourth-order valence-corrected chi connectivity index (χ4v) is 4.37. The van der Waals surface area contributed by atoms with E-state index in [4.69, 9.17) is 0 Å². The summed E-state index contributed by atoms with van der Waals surface area (Å²) in [5, 5.41) is 2.90. The van der Waals surface area contributed by atoms with Crippen molar-refractivity contribution < 1.29 is 4.79 Å². The molecule has 0 aliphatic heterocycles. The third kappa shape index (κ3) is 4.12. The first kappa shape index (κ1) is 22.0. The zero-order valence-corrected chi connectivity index (χ0v) is 18.2. The van der Waals surface area contributed by atoms with Gasteiger partial charge in [0, 0.05) is 39.8 Å². The molecule has 9 nitrogen and oxygen atoms in total. The molecule has 1 aliphatic rings. The van der Waals surface area contributed by atoms with Crippen LogP contribution in [0.5, 0.6) is 0 Å². The van der Waals surface area contributed by atoms with Crippen LogP contribution in [0.25, 0.3) is 11.0 Å². The largest absolute Gasteiger partial charge is 0.352 e. The van der Waals surface area contributed by atoms with Crippen LogP contribution in [0, 0.1) is 0 Å². The Labute approximate surface area is 174 Å². The van der Waals surface area contributed by atoms with Crippen molar-refractivity contribution in [2.24, 2.45) is 21.1 Å². The molecule has 0 spiro atoms. The van der Waals surface area contributed by atoms with Crippen molar-refractivity contribution in [1.29, 1.82) is 0 Å². The molecule has 1 amide bonds. The zero-order chi connectivity index (χ0) is 22.0. The van der Waals surface area contributed by atoms with E-state index < -0.39 is 22.7 Å². The van der Waals surface area contributed by atoms with Crippen molar-refractivity contribution in [3.05, 3.63) is 42.8 Å². The monoisotopic (exact) mass is 417 g/mol. The summed E-state index contributed by atoms with van der Waals surface area (Å²) in [5.41, 5.74) is -1.45. The van der Waals surface area contributed by atoms with Gasteiger partial charge in [0.15, 0.2) is 0 Å². The van der Waals surface area contributed by atoms with Gasteiger partial charge in [0.25, 0.3) is 17.0 Å². The van der Waals surface area contributed by atoms with Crippen molar-refractivity contribution in [2.75, 3.05) is 20.1 Å². The van der Waals surface area contributed by atoms with Gasteiger partial charge < -0.3 is 10.2 Å². The lowest BCUT2D eigenvalue weighted by atomic mass is 9.94. The van der Waals surface area contributed by atoms with Crippen LogP contribution >= 0.6 is 0 Å². The van der Waals surface area contributed by atoms with Gasteiger partial charge in [-0.1, -0.05) is 19.3 Å². The first-order chi connectivity index (χ1) is 14.2. The van der Waals surface area contributed by atoms with Crippen LogP contribution in [-0.2, 0) is 21.1 Å². The smallest absolute Gasteiger partial charge is 0.332 e. The Kier molecular flexibility index (Phi) is 6.60. The Hall–Kier alpha value is -2.68. The van der Waals surface area contributed by atoms with Gasteiger partial charge in [-0.3, -0.25) is 28.1 Å². The quantitative estimate of drug-likeness (QED) is 0.683. The van der Waals surface area contributed by atoms with Crippen molar-refractivity contribution in [3.8, 4) is 0 Å². The molecule has 0 radical (unpaired) electrons. The summed E-state index contributed by atoms with van der Waals surface area (Å²) in [6.45, 7) is 1.32. The van der Waals surface area contributed by atoms with Gasteiger partial charge in [0.1, 0.15) is 5.65 Å².